The van der Waals surface area contributed by atoms with E-state index in [0.717, 1.165) is 24.2 Å². The Morgan fingerprint density at radius 3 is 2.73 bits per heavy atom. The maximum Gasteiger partial charge on any atom is 0.252 e. The molecule has 0 aliphatic heterocycles. The molecule has 3 rings (SSSR count). The van der Waals surface area contributed by atoms with Gasteiger partial charge in [0.1, 0.15) is 11.7 Å². The largest absolute Gasteiger partial charge is 0.383 e. The van der Waals surface area contributed by atoms with Crippen molar-refractivity contribution in [3.63, 3.8) is 0 Å². The molecule has 0 aliphatic carbocycles. The Kier molecular flexibility index (Phi) is 7.33. The van der Waals surface area contributed by atoms with Crippen LogP contribution in [0.1, 0.15) is 22.8 Å². The number of nitriles is 1. The molecule has 1 atom stereocenters. The van der Waals surface area contributed by atoms with E-state index in [0.29, 0.717) is 23.6 Å². The van der Waals surface area contributed by atoms with Crippen LogP contribution in [0.4, 0.5) is 0 Å². The summed E-state index contributed by atoms with van der Waals surface area (Å²) in [6, 6.07) is 18.4. The summed E-state index contributed by atoms with van der Waals surface area (Å²) >= 11 is 0. The van der Waals surface area contributed by atoms with Crippen LogP contribution in [-0.4, -0.2) is 37.4 Å². The van der Waals surface area contributed by atoms with Gasteiger partial charge in [-0.2, -0.15) is 5.26 Å². The zero-order valence-corrected chi connectivity index (χ0v) is 17.0. The fourth-order valence-corrected chi connectivity index (χ4v) is 2.87. The van der Waals surface area contributed by atoms with Gasteiger partial charge in [0, 0.05) is 43.0 Å². The zero-order valence-electron chi connectivity index (χ0n) is 17.0. The summed E-state index contributed by atoms with van der Waals surface area (Å²) in [5.74, 6) is 0.348. The van der Waals surface area contributed by atoms with Crippen molar-refractivity contribution < 1.29 is 14.1 Å². The van der Waals surface area contributed by atoms with Crippen molar-refractivity contribution in [1.29, 1.82) is 5.26 Å². The van der Waals surface area contributed by atoms with E-state index in [4.69, 9.17) is 14.5 Å². The molecule has 0 fully saturated rings. The molecule has 7 nitrogen and oxygen atoms in total. The first-order valence-electron chi connectivity index (χ1n) is 9.67. The third-order valence-electron chi connectivity index (χ3n) is 4.52. The van der Waals surface area contributed by atoms with Gasteiger partial charge in [0.15, 0.2) is 5.76 Å². The zero-order chi connectivity index (χ0) is 21.3. The minimum absolute atomic E-state index is 0.302. The molecule has 2 N–H and O–H groups in total. The molecule has 1 heterocycles. The molecule has 1 aromatic heterocycles. The number of amides is 1. The van der Waals surface area contributed by atoms with Crippen LogP contribution in [0, 0.1) is 11.3 Å². The quantitative estimate of drug-likeness (QED) is 0.530. The summed E-state index contributed by atoms with van der Waals surface area (Å²) in [6.45, 7) is 3.88. The number of hydrogen-bond acceptors (Lipinski definition) is 6. The summed E-state index contributed by atoms with van der Waals surface area (Å²) in [4.78, 5) is 12.2. The monoisotopic (exact) mass is 404 g/mol. The van der Waals surface area contributed by atoms with Gasteiger partial charge in [0.2, 0.25) is 0 Å². The molecule has 0 radical (unpaired) electrons. The second-order valence-corrected chi connectivity index (χ2v) is 6.85. The first kappa shape index (κ1) is 21.2. The molecule has 2 aromatic carbocycles. The van der Waals surface area contributed by atoms with E-state index < -0.39 is 6.04 Å². The van der Waals surface area contributed by atoms with E-state index in [-0.39, 0.29) is 5.91 Å². The van der Waals surface area contributed by atoms with Crippen molar-refractivity contribution in [2.24, 2.45) is 0 Å². The van der Waals surface area contributed by atoms with Gasteiger partial charge < -0.3 is 19.9 Å². The van der Waals surface area contributed by atoms with Crippen molar-refractivity contribution in [2.45, 2.75) is 19.5 Å². The Morgan fingerprint density at radius 2 is 2.00 bits per heavy atom. The molecule has 3 aromatic rings. The van der Waals surface area contributed by atoms with Crippen molar-refractivity contribution >= 4 is 5.91 Å². The number of carbonyl (C=O) groups excluding carboxylic acids is 1. The Morgan fingerprint density at radius 1 is 1.20 bits per heavy atom. The molecular weight excluding hydrogens is 380 g/mol. The first-order valence-corrected chi connectivity index (χ1v) is 9.67. The number of benzene rings is 2. The van der Waals surface area contributed by atoms with E-state index in [2.05, 4.69) is 15.8 Å². The second-order valence-electron chi connectivity index (χ2n) is 6.85. The van der Waals surface area contributed by atoms with Gasteiger partial charge >= 0.3 is 0 Å². The Labute approximate surface area is 175 Å². The smallest absolute Gasteiger partial charge is 0.252 e. The van der Waals surface area contributed by atoms with Gasteiger partial charge in [-0.25, -0.2) is 0 Å². The molecule has 0 saturated heterocycles. The van der Waals surface area contributed by atoms with E-state index in [9.17, 15) is 4.79 Å². The third-order valence-corrected chi connectivity index (χ3v) is 4.52. The first-order chi connectivity index (χ1) is 14.6. The lowest BCUT2D eigenvalue weighted by Gasteiger charge is -2.07. The molecule has 0 bridgehead atoms. The average molecular weight is 404 g/mol. The lowest BCUT2D eigenvalue weighted by Crippen LogP contribution is -2.31. The Hall–Kier alpha value is -3.47. The Bertz CT molecular complexity index is 1020. The summed E-state index contributed by atoms with van der Waals surface area (Å²) in [7, 11) is 1.68. The van der Waals surface area contributed by atoms with Gasteiger partial charge in [0.05, 0.1) is 12.7 Å². The predicted molar refractivity (Wildman–Crippen MR) is 113 cm³/mol. The van der Waals surface area contributed by atoms with Crippen LogP contribution < -0.4 is 10.6 Å². The third kappa shape index (κ3) is 5.54. The van der Waals surface area contributed by atoms with Crippen molar-refractivity contribution in [3.8, 4) is 28.7 Å². The molecule has 1 amide bonds. The molecule has 7 heteroatoms. The van der Waals surface area contributed by atoms with Gasteiger partial charge in [-0.3, -0.25) is 4.79 Å². The number of hydrogen-bond donors (Lipinski definition) is 2. The topological polar surface area (TPSA) is 100 Å². The SMILES string of the molecule is COCCNCc1ccc(-c2cc(-c3cccc(C(=O)N[C@H](C)C#N)c3)no2)cc1. The van der Waals surface area contributed by atoms with Crippen LogP contribution in [0.25, 0.3) is 22.6 Å². The summed E-state index contributed by atoms with van der Waals surface area (Å²) in [5.41, 5.74) is 3.95. The molecule has 30 heavy (non-hydrogen) atoms. The molecule has 0 unspecified atom stereocenters. The van der Waals surface area contributed by atoms with Crippen molar-refractivity contribution in [1.82, 2.24) is 15.8 Å². The number of ether oxygens (including phenoxy) is 1. The van der Waals surface area contributed by atoms with E-state index in [1.807, 2.05) is 42.5 Å². The van der Waals surface area contributed by atoms with Crippen LogP contribution in [0.3, 0.4) is 0 Å². The lowest BCUT2D eigenvalue weighted by atomic mass is 10.1. The molecular formula is C23H24N4O3. The number of rotatable bonds is 9. The van der Waals surface area contributed by atoms with Gasteiger partial charge in [-0.1, -0.05) is 41.6 Å². The highest BCUT2D eigenvalue weighted by atomic mass is 16.5. The predicted octanol–water partition coefficient (Wildman–Crippen LogP) is 3.39. The molecule has 0 aliphatic rings. The Balaban J connectivity index is 1.70. The molecule has 0 spiro atoms. The number of nitrogens with zero attached hydrogens (tertiary/aromatic N) is 2. The van der Waals surface area contributed by atoms with Gasteiger partial charge in [-0.15, -0.1) is 0 Å². The summed E-state index contributed by atoms with van der Waals surface area (Å²) < 4.78 is 10.5. The maximum atomic E-state index is 12.2. The lowest BCUT2D eigenvalue weighted by molar-refractivity contribution is 0.0948. The van der Waals surface area contributed by atoms with E-state index >= 15 is 0 Å². The van der Waals surface area contributed by atoms with Gasteiger partial charge in [0.25, 0.3) is 5.91 Å². The summed E-state index contributed by atoms with van der Waals surface area (Å²) in [5, 5.41) is 18.9. The van der Waals surface area contributed by atoms with E-state index in [1.54, 1.807) is 32.2 Å². The fraction of sp³-hybridized carbons (Fsp3) is 0.261. The number of nitrogens with one attached hydrogen (secondary N) is 2. The number of aromatic nitrogens is 1. The minimum Gasteiger partial charge on any atom is -0.383 e. The van der Waals surface area contributed by atoms with Crippen molar-refractivity contribution in [3.05, 3.63) is 65.7 Å². The molecule has 0 saturated carbocycles. The fourth-order valence-electron chi connectivity index (χ4n) is 2.87. The summed E-state index contributed by atoms with van der Waals surface area (Å²) in [6.07, 6.45) is 0. The standard InChI is InChI=1S/C23H24N4O3/c1-16(14-24)26-23(28)20-5-3-4-19(12-20)21-13-22(30-27-21)18-8-6-17(7-9-18)15-25-10-11-29-2/h3-9,12-13,16,25H,10-11,15H2,1-2H3,(H,26,28)/t16-/m1/s1. The number of methoxy groups -OCH3 is 1. The highest BCUT2D eigenvalue weighted by Crippen LogP contribution is 2.26. The van der Waals surface area contributed by atoms with Crippen LogP contribution >= 0.6 is 0 Å². The van der Waals surface area contributed by atoms with Crippen LogP contribution in [0.15, 0.2) is 59.1 Å². The van der Waals surface area contributed by atoms with Crippen LogP contribution in [0.2, 0.25) is 0 Å². The second kappa shape index (κ2) is 10.3. The van der Waals surface area contributed by atoms with E-state index in [1.165, 1.54) is 5.56 Å². The normalized spacial score (nSPS) is 11.6. The minimum atomic E-state index is -0.557. The maximum absolute atomic E-state index is 12.2. The molecule has 154 valence electrons. The highest BCUT2D eigenvalue weighted by Gasteiger charge is 2.13. The van der Waals surface area contributed by atoms with Crippen LogP contribution in [-0.2, 0) is 11.3 Å². The highest BCUT2D eigenvalue weighted by molar-refractivity contribution is 5.95. The van der Waals surface area contributed by atoms with Gasteiger partial charge in [-0.05, 0) is 24.6 Å². The number of carbonyl (C=O) groups is 1. The average Bonchev–Trinajstić information content (AvgIpc) is 3.27. The van der Waals surface area contributed by atoms with Crippen molar-refractivity contribution in [2.75, 3.05) is 20.3 Å². The van der Waals surface area contributed by atoms with Crippen LogP contribution in [0.5, 0.6) is 0 Å².